The molecule has 104 valence electrons. The van der Waals surface area contributed by atoms with Crippen LogP contribution in [0.2, 0.25) is 0 Å². The number of carbonyl (C=O) groups is 1. The zero-order valence-electron chi connectivity index (χ0n) is 11.1. The molecule has 2 rings (SSSR count). The number of pyridine rings is 2. The predicted molar refractivity (Wildman–Crippen MR) is 73.8 cm³/mol. The Bertz CT molecular complexity index is 589. The number of amides is 1. The van der Waals surface area contributed by atoms with Gasteiger partial charge < -0.3 is 10.6 Å². The Hall–Kier alpha value is -2.50. The number of hydrogen-bond donors (Lipinski definition) is 2. The standard InChI is InChI=1S/C14H15FN4O/c1-2-17-13-12(7-11(15)9-18-13)14(20)19-8-10-3-5-16-6-4-10/h3-7,9H,2,8H2,1H3,(H,17,18)(H,19,20). The van der Waals surface area contributed by atoms with Crippen molar-refractivity contribution in [1.29, 1.82) is 0 Å². The lowest BCUT2D eigenvalue weighted by atomic mass is 10.2. The van der Waals surface area contributed by atoms with Gasteiger partial charge in [0.15, 0.2) is 0 Å². The van der Waals surface area contributed by atoms with Gasteiger partial charge in [0.25, 0.3) is 5.91 Å². The molecule has 20 heavy (non-hydrogen) atoms. The van der Waals surface area contributed by atoms with Crippen LogP contribution in [0.25, 0.3) is 0 Å². The van der Waals surface area contributed by atoms with E-state index in [1.54, 1.807) is 24.5 Å². The lowest BCUT2D eigenvalue weighted by Gasteiger charge is -2.10. The molecule has 0 aliphatic rings. The van der Waals surface area contributed by atoms with Crippen LogP contribution in [0.5, 0.6) is 0 Å². The molecule has 6 heteroatoms. The van der Waals surface area contributed by atoms with Gasteiger partial charge in [-0.05, 0) is 30.7 Å². The van der Waals surface area contributed by atoms with E-state index in [0.29, 0.717) is 18.9 Å². The molecule has 2 heterocycles. The summed E-state index contributed by atoms with van der Waals surface area (Å²) in [4.78, 5) is 19.9. The fourth-order valence-corrected chi connectivity index (χ4v) is 1.70. The van der Waals surface area contributed by atoms with E-state index in [2.05, 4.69) is 20.6 Å². The van der Waals surface area contributed by atoms with Crippen molar-refractivity contribution in [2.45, 2.75) is 13.5 Å². The number of rotatable bonds is 5. The highest BCUT2D eigenvalue weighted by Gasteiger charge is 2.13. The Morgan fingerprint density at radius 3 is 2.80 bits per heavy atom. The molecule has 2 aromatic heterocycles. The molecule has 1 amide bonds. The summed E-state index contributed by atoms with van der Waals surface area (Å²) < 4.78 is 13.2. The first kappa shape index (κ1) is 13.9. The second kappa shape index (κ2) is 6.60. The minimum absolute atomic E-state index is 0.195. The fourth-order valence-electron chi connectivity index (χ4n) is 1.70. The lowest BCUT2D eigenvalue weighted by Crippen LogP contribution is -2.24. The largest absolute Gasteiger partial charge is 0.370 e. The zero-order valence-corrected chi connectivity index (χ0v) is 11.1. The van der Waals surface area contributed by atoms with E-state index in [1.165, 1.54) is 6.07 Å². The minimum Gasteiger partial charge on any atom is -0.370 e. The Morgan fingerprint density at radius 1 is 1.35 bits per heavy atom. The Morgan fingerprint density at radius 2 is 2.10 bits per heavy atom. The van der Waals surface area contributed by atoms with Gasteiger partial charge in [-0.1, -0.05) is 0 Å². The second-order valence-corrected chi connectivity index (χ2v) is 4.12. The van der Waals surface area contributed by atoms with Gasteiger partial charge >= 0.3 is 0 Å². The quantitative estimate of drug-likeness (QED) is 0.875. The monoisotopic (exact) mass is 274 g/mol. The second-order valence-electron chi connectivity index (χ2n) is 4.12. The maximum absolute atomic E-state index is 13.2. The molecule has 0 aliphatic heterocycles. The Balaban J connectivity index is 2.10. The molecule has 5 nitrogen and oxygen atoms in total. The molecular formula is C14H15FN4O. The molecule has 0 unspecified atom stereocenters. The van der Waals surface area contributed by atoms with Gasteiger partial charge in [-0.3, -0.25) is 9.78 Å². The van der Waals surface area contributed by atoms with E-state index >= 15 is 0 Å². The number of halogens is 1. The topological polar surface area (TPSA) is 66.9 Å². The molecule has 0 fully saturated rings. The number of carbonyl (C=O) groups excluding carboxylic acids is 1. The first-order valence-electron chi connectivity index (χ1n) is 6.27. The van der Waals surface area contributed by atoms with Crippen LogP contribution in [0.4, 0.5) is 10.2 Å². The van der Waals surface area contributed by atoms with Crippen molar-refractivity contribution >= 4 is 11.7 Å². The van der Waals surface area contributed by atoms with Crippen molar-refractivity contribution in [2.75, 3.05) is 11.9 Å². The van der Waals surface area contributed by atoms with Gasteiger partial charge in [-0.2, -0.15) is 0 Å². The highest BCUT2D eigenvalue weighted by Crippen LogP contribution is 2.13. The van der Waals surface area contributed by atoms with Crippen LogP contribution in [0, 0.1) is 5.82 Å². The van der Waals surface area contributed by atoms with E-state index in [-0.39, 0.29) is 11.5 Å². The summed E-state index contributed by atoms with van der Waals surface area (Å²) in [5, 5.41) is 5.66. The molecule has 0 bridgehead atoms. The van der Waals surface area contributed by atoms with Crippen LogP contribution in [0.15, 0.2) is 36.8 Å². The smallest absolute Gasteiger partial charge is 0.255 e. The molecule has 0 spiro atoms. The third kappa shape index (κ3) is 3.50. The van der Waals surface area contributed by atoms with E-state index < -0.39 is 5.82 Å². The third-order valence-corrected chi connectivity index (χ3v) is 2.65. The summed E-state index contributed by atoms with van der Waals surface area (Å²) >= 11 is 0. The maximum atomic E-state index is 13.2. The molecule has 0 aromatic carbocycles. The first-order valence-corrected chi connectivity index (χ1v) is 6.27. The van der Waals surface area contributed by atoms with Crippen LogP contribution in [0.1, 0.15) is 22.8 Å². The average Bonchev–Trinajstić information content (AvgIpc) is 2.48. The molecule has 0 radical (unpaired) electrons. The van der Waals surface area contributed by atoms with E-state index in [9.17, 15) is 9.18 Å². The van der Waals surface area contributed by atoms with Gasteiger partial charge in [0.05, 0.1) is 11.8 Å². The van der Waals surface area contributed by atoms with Crippen LogP contribution in [0.3, 0.4) is 0 Å². The SMILES string of the molecule is CCNc1ncc(F)cc1C(=O)NCc1ccncc1. The van der Waals surface area contributed by atoms with Crippen molar-refractivity contribution in [2.24, 2.45) is 0 Å². The summed E-state index contributed by atoms with van der Waals surface area (Å²) in [7, 11) is 0. The van der Waals surface area contributed by atoms with Gasteiger partial charge in [0.2, 0.25) is 0 Å². The van der Waals surface area contributed by atoms with Crippen molar-refractivity contribution in [3.8, 4) is 0 Å². The minimum atomic E-state index is -0.541. The Labute approximate surface area is 116 Å². The highest BCUT2D eigenvalue weighted by molar-refractivity contribution is 5.98. The molecule has 2 N–H and O–H groups in total. The van der Waals surface area contributed by atoms with Gasteiger partial charge in [0.1, 0.15) is 11.6 Å². The summed E-state index contributed by atoms with van der Waals surface area (Å²) in [6, 6.07) is 4.78. The van der Waals surface area contributed by atoms with Gasteiger partial charge in [-0.25, -0.2) is 9.37 Å². The highest BCUT2D eigenvalue weighted by atomic mass is 19.1. The summed E-state index contributed by atoms with van der Waals surface area (Å²) in [5.41, 5.74) is 1.11. The molecule has 0 saturated heterocycles. The summed E-state index contributed by atoms with van der Waals surface area (Å²) in [6.07, 6.45) is 4.38. The normalized spacial score (nSPS) is 10.1. The van der Waals surface area contributed by atoms with Crippen LogP contribution in [-0.4, -0.2) is 22.4 Å². The third-order valence-electron chi connectivity index (χ3n) is 2.65. The zero-order chi connectivity index (χ0) is 14.4. The lowest BCUT2D eigenvalue weighted by molar-refractivity contribution is 0.0951. The number of nitrogens with one attached hydrogen (secondary N) is 2. The van der Waals surface area contributed by atoms with Crippen LogP contribution >= 0.6 is 0 Å². The molecular weight excluding hydrogens is 259 g/mol. The molecule has 0 aliphatic carbocycles. The number of hydrogen-bond acceptors (Lipinski definition) is 4. The first-order chi connectivity index (χ1) is 9.70. The summed E-state index contributed by atoms with van der Waals surface area (Å²) in [5.74, 6) is -0.536. The maximum Gasteiger partial charge on any atom is 0.255 e. The van der Waals surface area contributed by atoms with E-state index in [0.717, 1.165) is 11.8 Å². The van der Waals surface area contributed by atoms with Crippen molar-refractivity contribution in [1.82, 2.24) is 15.3 Å². The van der Waals surface area contributed by atoms with Crippen LogP contribution < -0.4 is 10.6 Å². The van der Waals surface area contributed by atoms with Crippen molar-refractivity contribution in [3.05, 3.63) is 53.7 Å². The predicted octanol–water partition coefficient (Wildman–Crippen LogP) is 1.98. The van der Waals surface area contributed by atoms with Gasteiger partial charge in [-0.15, -0.1) is 0 Å². The molecule has 2 aromatic rings. The van der Waals surface area contributed by atoms with Gasteiger partial charge in [0, 0.05) is 25.5 Å². The Kier molecular flexibility index (Phi) is 4.60. The number of nitrogens with zero attached hydrogens (tertiary/aromatic N) is 2. The summed E-state index contributed by atoms with van der Waals surface area (Å²) in [6.45, 7) is 2.83. The molecule has 0 saturated carbocycles. The number of aromatic nitrogens is 2. The molecule has 0 atom stereocenters. The average molecular weight is 274 g/mol. The van der Waals surface area contributed by atoms with Crippen LogP contribution in [-0.2, 0) is 6.54 Å². The fraction of sp³-hybridized carbons (Fsp3) is 0.214. The van der Waals surface area contributed by atoms with Crippen molar-refractivity contribution in [3.63, 3.8) is 0 Å². The number of anilines is 1. The van der Waals surface area contributed by atoms with E-state index in [4.69, 9.17) is 0 Å². The van der Waals surface area contributed by atoms with E-state index in [1.807, 2.05) is 6.92 Å². The van der Waals surface area contributed by atoms with Crippen molar-refractivity contribution < 1.29 is 9.18 Å².